The molecule has 1 amide bonds. The van der Waals surface area contributed by atoms with Gasteiger partial charge in [0.25, 0.3) is 0 Å². The Hall–Kier alpha value is -1.84. The standard InChI is InChI=1S/C17H17ClN2O/c1-20-15-8-4-13(10-12(15)5-9-16(20)21)17(19)11-2-6-14(18)7-3-11/h2-4,6-8,10,17H,5,9,19H2,1H3. The molecule has 1 aliphatic heterocycles. The third-order valence-electron chi connectivity index (χ3n) is 4.04. The van der Waals surface area contributed by atoms with Crippen molar-refractivity contribution in [2.75, 3.05) is 11.9 Å². The van der Waals surface area contributed by atoms with E-state index in [4.69, 9.17) is 17.3 Å². The first-order valence-electron chi connectivity index (χ1n) is 6.96. The molecule has 0 saturated heterocycles. The number of benzene rings is 2. The van der Waals surface area contributed by atoms with E-state index in [1.165, 1.54) is 5.56 Å². The van der Waals surface area contributed by atoms with E-state index in [2.05, 4.69) is 6.07 Å². The Morgan fingerprint density at radius 2 is 1.76 bits per heavy atom. The van der Waals surface area contributed by atoms with Crippen LogP contribution in [-0.2, 0) is 11.2 Å². The summed E-state index contributed by atoms with van der Waals surface area (Å²) in [5.74, 6) is 0.164. The van der Waals surface area contributed by atoms with Crippen molar-refractivity contribution in [3.05, 3.63) is 64.2 Å². The average Bonchev–Trinajstić information content (AvgIpc) is 2.51. The van der Waals surface area contributed by atoms with Gasteiger partial charge in [0.15, 0.2) is 0 Å². The first kappa shape index (κ1) is 14.1. The summed E-state index contributed by atoms with van der Waals surface area (Å²) in [4.78, 5) is 13.4. The minimum Gasteiger partial charge on any atom is -0.320 e. The number of hydrogen-bond donors (Lipinski definition) is 1. The summed E-state index contributed by atoms with van der Waals surface area (Å²) in [6, 6.07) is 13.5. The lowest BCUT2D eigenvalue weighted by Gasteiger charge is -2.27. The summed E-state index contributed by atoms with van der Waals surface area (Å²) in [6.45, 7) is 0. The molecule has 1 aliphatic rings. The number of carbonyl (C=O) groups is 1. The number of aryl methyl sites for hydroxylation is 1. The molecule has 1 unspecified atom stereocenters. The van der Waals surface area contributed by atoms with Crippen molar-refractivity contribution in [3.8, 4) is 0 Å². The van der Waals surface area contributed by atoms with Crippen LogP contribution in [0.4, 0.5) is 5.69 Å². The van der Waals surface area contributed by atoms with E-state index < -0.39 is 0 Å². The van der Waals surface area contributed by atoms with Crippen LogP contribution in [0.1, 0.15) is 29.2 Å². The lowest BCUT2D eigenvalue weighted by Crippen LogP contribution is -2.31. The Labute approximate surface area is 129 Å². The summed E-state index contributed by atoms with van der Waals surface area (Å²) in [5, 5.41) is 0.705. The molecule has 0 aliphatic carbocycles. The molecule has 0 aromatic heterocycles. The number of rotatable bonds is 2. The van der Waals surface area contributed by atoms with E-state index >= 15 is 0 Å². The zero-order chi connectivity index (χ0) is 15.0. The van der Waals surface area contributed by atoms with Crippen molar-refractivity contribution in [1.82, 2.24) is 0 Å². The first-order valence-corrected chi connectivity index (χ1v) is 7.34. The van der Waals surface area contributed by atoms with Gasteiger partial charge in [0.05, 0.1) is 6.04 Å². The number of nitrogens with two attached hydrogens (primary N) is 1. The molecule has 3 rings (SSSR count). The van der Waals surface area contributed by atoms with Crippen LogP contribution >= 0.6 is 11.6 Å². The fraction of sp³-hybridized carbons (Fsp3) is 0.235. The lowest BCUT2D eigenvalue weighted by molar-refractivity contribution is -0.118. The van der Waals surface area contributed by atoms with Crippen molar-refractivity contribution in [2.24, 2.45) is 5.73 Å². The minimum atomic E-state index is -0.185. The predicted molar refractivity (Wildman–Crippen MR) is 85.7 cm³/mol. The van der Waals surface area contributed by atoms with E-state index in [1.54, 1.807) is 4.90 Å². The van der Waals surface area contributed by atoms with Crippen molar-refractivity contribution < 1.29 is 4.79 Å². The number of hydrogen-bond acceptors (Lipinski definition) is 2. The molecule has 21 heavy (non-hydrogen) atoms. The van der Waals surface area contributed by atoms with Gasteiger partial charge >= 0.3 is 0 Å². The normalized spacial score (nSPS) is 15.8. The summed E-state index contributed by atoms with van der Waals surface area (Å²) >= 11 is 5.91. The summed E-state index contributed by atoms with van der Waals surface area (Å²) in [5.41, 5.74) is 10.6. The van der Waals surface area contributed by atoms with Gasteiger partial charge in [-0.2, -0.15) is 0 Å². The van der Waals surface area contributed by atoms with E-state index in [-0.39, 0.29) is 11.9 Å². The molecule has 0 bridgehead atoms. The highest BCUT2D eigenvalue weighted by molar-refractivity contribution is 6.30. The van der Waals surface area contributed by atoms with Crippen molar-refractivity contribution in [1.29, 1.82) is 0 Å². The second-order valence-electron chi connectivity index (χ2n) is 5.37. The second kappa shape index (κ2) is 5.51. The molecule has 2 aromatic carbocycles. The number of anilines is 1. The topological polar surface area (TPSA) is 46.3 Å². The lowest BCUT2D eigenvalue weighted by atomic mass is 9.94. The van der Waals surface area contributed by atoms with Crippen LogP contribution in [0.15, 0.2) is 42.5 Å². The molecular formula is C17H17ClN2O. The average molecular weight is 301 g/mol. The molecule has 4 heteroatoms. The van der Waals surface area contributed by atoms with E-state index in [1.807, 2.05) is 43.4 Å². The molecular weight excluding hydrogens is 284 g/mol. The molecule has 0 radical (unpaired) electrons. The van der Waals surface area contributed by atoms with Crippen molar-refractivity contribution in [3.63, 3.8) is 0 Å². The fourth-order valence-corrected chi connectivity index (χ4v) is 2.86. The number of halogens is 1. The molecule has 2 N–H and O–H groups in total. The largest absolute Gasteiger partial charge is 0.320 e. The van der Waals surface area contributed by atoms with Gasteiger partial charge in [-0.15, -0.1) is 0 Å². The van der Waals surface area contributed by atoms with E-state index in [0.717, 1.165) is 23.2 Å². The van der Waals surface area contributed by atoms with Crippen LogP contribution in [-0.4, -0.2) is 13.0 Å². The Bertz CT molecular complexity index is 682. The molecule has 1 atom stereocenters. The minimum absolute atomic E-state index is 0.164. The van der Waals surface area contributed by atoms with Gasteiger partial charge < -0.3 is 10.6 Å². The summed E-state index contributed by atoms with van der Waals surface area (Å²) < 4.78 is 0. The monoisotopic (exact) mass is 300 g/mol. The number of fused-ring (bicyclic) bond motifs is 1. The van der Waals surface area contributed by atoms with Crippen molar-refractivity contribution >= 4 is 23.2 Å². The Kier molecular flexibility index (Phi) is 3.70. The highest BCUT2D eigenvalue weighted by Crippen LogP contribution is 2.30. The maximum absolute atomic E-state index is 11.7. The Balaban J connectivity index is 1.93. The maximum Gasteiger partial charge on any atom is 0.227 e. The Morgan fingerprint density at radius 1 is 1.10 bits per heavy atom. The zero-order valence-electron chi connectivity index (χ0n) is 11.8. The van der Waals surface area contributed by atoms with Gasteiger partial charge in [-0.05, 0) is 41.3 Å². The summed E-state index contributed by atoms with van der Waals surface area (Å²) in [7, 11) is 1.82. The molecule has 2 aromatic rings. The molecule has 3 nitrogen and oxygen atoms in total. The number of amides is 1. The quantitative estimate of drug-likeness (QED) is 0.925. The fourth-order valence-electron chi connectivity index (χ4n) is 2.73. The molecule has 0 fully saturated rings. The number of carbonyl (C=O) groups excluding carboxylic acids is 1. The first-order chi connectivity index (χ1) is 10.1. The third kappa shape index (κ3) is 2.67. The maximum atomic E-state index is 11.7. The Morgan fingerprint density at radius 3 is 2.48 bits per heavy atom. The summed E-state index contributed by atoms with van der Waals surface area (Å²) in [6.07, 6.45) is 1.34. The van der Waals surface area contributed by atoms with Crippen LogP contribution in [0, 0.1) is 0 Å². The SMILES string of the molecule is CN1C(=O)CCc2cc(C(N)c3ccc(Cl)cc3)ccc21. The number of nitrogens with zero attached hydrogens (tertiary/aromatic N) is 1. The van der Waals surface area contributed by atoms with Gasteiger partial charge in [-0.1, -0.05) is 35.9 Å². The van der Waals surface area contributed by atoms with Crippen molar-refractivity contribution in [2.45, 2.75) is 18.9 Å². The molecule has 1 heterocycles. The van der Waals surface area contributed by atoms with Crippen LogP contribution in [0.3, 0.4) is 0 Å². The molecule has 108 valence electrons. The van der Waals surface area contributed by atoms with Gasteiger partial charge in [0, 0.05) is 24.2 Å². The van der Waals surface area contributed by atoms with Crippen LogP contribution in [0.2, 0.25) is 5.02 Å². The van der Waals surface area contributed by atoms with E-state index in [0.29, 0.717) is 11.4 Å². The van der Waals surface area contributed by atoms with Gasteiger partial charge in [-0.25, -0.2) is 0 Å². The predicted octanol–water partition coefficient (Wildman–Crippen LogP) is 3.30. The second-order valence-corrected chi connectivity index (χ2v) is 5.81. The van der Waals surface area contributed by atoms with Crippen LogP contribution in [0.25, 0.3) is 0 Å². The highest BCUT2D eigenvalue weighted by atomic mass is 35.5. The van der Waals surface area contributed by atoms with Gasteiger partial charge in [-0.3, -0.25) is 4.79 Å². The third-order valence-corrected chi connectivity index (χ3v) is 4.29. The van der Waals surface area contributed by atoms with Crippen LogP contribution < -0.4 is 10.6 Å². The molecule has 0 saturated carbocycles. The van der Waals surface area contributed by atoms with Gasteiger partial charge in [0.2, 0.25) is 5.91 Å². The zero-order valence-corrected chi connectivity index (χ0v) is 12.6. The molecule has 0 spiro atoms. The van der Waals surface area contributed by atoms with E-state index in [9.17, 15) is 4.79 Å². The van der Waals surface area contributed by atoms with Crippen LogP contribution in [0.5, 0.6) is 0 Å². The van der Waals surface area contributed by atoms with Gasteiger partial charge in [0.1, 0.15) is 0 Å². The highest BCUT2D eigenvalue weighted by Gasteiger charge is 2.21. The smallest absolute Gasteiger partial charge is 0.227 e.